The summed E-state index contributed by atoms with van der Waals surface area (Å²) in [7, 11) is 0. The first-order chi connectivity index (χ1) is 15.0. The number of hydrogen-bond acceptors (Lipinski definition) is 5. The highest BCUT2D eigenvalue weighted by molar-refractivity contribution is 5.91. The van der Waals surface area contributed by atoms with E-state index < -0.39 is 0 Å². The quantitative estimate of drug-likeness (QED) is 0.409. The molecule has 0 radical (unpaired) electrons. The van der Waals surface area contributed by atoms with Gasteiger partial charge in [0.1, 0.15) is 11.5 Å². The number of aromatic nitrogens is 4. The number of aromatic amines is 1. The molecule has 0 aliphatic carbocycles. The Balaban J connectivity index is 1.41. The van der Waals surface area contributed by atoms with Crippen LogP contribution >= 0.6 is 0 Å². The van der Waals surface area contributed by atoms with Gasteiger partial charge in [0.15, 0.2) is 0 Å². The van der Waals surface area contributed by atoms with Crippen LogP contribution in [-0.4, -0.2) is 38.3 Å². The van der Waals surface area contributed by atoms with Crippen LogP contribution in [0.4, 0.5) is 0 Å². The van der Waals surface area contributed by atoms with E-state index in [0.717, 1.165) is 42.5 Å². The van der Waals surface area contributed by atoms with Crippen LogP contribution in [0.25, 0.3) is 11.0 Å². The second-order valence-electron chi connectivity index (χ2n) is 8.05. The fourth-order valence-electron chi connectivity index (χ4n) is 3.41. The van der Waals surface area contributed by atoms with Crippen molar-refractivity contribution >= 4 is 22.8 Å². The van der Waals surface area contributed by atoms with Gasteiger partial charge in [-0.1, -0.05) is 32.4 Å². The molecule has 164 valence electrons. The fraction of sp³-hybridized carbons (Fsp3) is 0.435. The normalized spacial score (nSPS) is 12.1. The largest absolute Gasteiger partial charge is 0.351 e. The van der Waals surface area contributed by atoms with E-state index in [1.54, 1.807) is 0 Å². The molecule has 1 atom stereocenters. The fourth-order valence-corrected chi connectivity index (χ4v) is 3.41. The second-order valence-corrected chi connectivity index (χ2v) is 8.05. The van der Waals surface area contributed by atoms with Crippen LogP contribution in [0.1, 0.15) is 68.3 Å². The highest BCUT2D eigenvalue weighted by atomic mass is 16.2. The molecule has 1 aromatic carbocycles. The van der Waals surface area contributed by atoms with Crippen molar-refractivity contribution in [1.29, 1.82) is 0 Å². The molecule has 8 heteroatoms. The van der Waals surface area contributed by atoms with Gasteiger partial charge in [-0.3, -0.25) is 14.6 Å². The minimum Gasteiger partial charge on any atom is -0.351 e. The standard InChI is InChI=1S/C23H30N6O2/c1-16(2)14-19(22-28-17-8-5-6-9-18(17)29-22)27-21(30)10-4-3-7-11-26-23(31)20-15-24-12-13-25-20/h5-6,8-9,12-13,15-16,19H,3-4,7,10-11,14H2,1-2H3,(H,26,31)(H,27,30)(H,28,29). The summed E-state index contributed by atoms with van der Waals surface area (Å²) < 4.78 is 0. The van der Waals surface area contributed by atoms with Crippen LogP contribution in [0.3, 0.4) is 0 Å². The highest BCUT2D eigenvalue weighted by Crippen LogP contribution is 2.22. The SMILES string of the molecule is CC(C)CC(NC(=O)CCCCCNC(=O)c1cnccn1)c1nc2ccccc2[nH]1. The van der Waals surface area contributed by atoms with E-state index >= 15 is 0 Å². The summed E-state index contributed by atoms with van der Waals surface area (Å²) in [6.07, 6.45) is 8.16. The monoisotopic (exact) mass is 422 g/mol. The van der Waals surface area contributed by atoms with Gasteiger partial charge in [-0.05, 0) is 37.3 Å². The zero-order valence-corrected chi connectivity index (χ0v) is 18.1. The lowest BCUT2D eigenvalue weighted by atomic mass is 10.0. The number of hydrogen-bond donors (Lipinski definition) is 3. The molecule has 0 saturated carbocycles. The maximum atomic E-state index is 12.5. The first-order valence-corrected chi connectivity index (χ1v) is 10.8. The number of para-hydroxylation sites is 2. The molecule has 8 nitrogen and oxygen atoms in total. The number of H-pyrrole nitrogens is 1. The third-order valence-electron chi connectivity index (χ3n) is 4.94. The number of amides is 2. The van der Waals surface area contributed by atoms with Crippen LogP contribution in [0, 0.1) is 5.92 Å². The molecule has 0 saturated heterocycles. The summed E-state index contributed by atoms with van der Waals surface area (Å²) in [4.78, 5) is 40.3. The minimum absolute atomic E-state index is 0.0229. The Morgan fingerprint density at radius 1 is 1.10 bits per heavy atom. The number of rotatable bonds is 11. The Bertz CT molecular complexity index is 953. The lowest BCUT2D eigenvalue weighted by molar-refractivity contribution is -0.122. The van der Waals surface area contributed by atoms with Gasteiger partial charge < -0.3 is 15.6 Å². The molecule has 0 aliphatic heterocycles. The summed E-state index contributed by atoms with van der Waals surface area (Å²) in [5, 5.41) is 5.96. The van der Waals surface area contributed by atoms with Gasteiger partial charge in [0.25, 0.3) is 5.91 Å². The molecule has 2 heterocycles. The van der Waals surface area contributed by atoms with Crippen molar-refractivity contribution < 1.29 is 9.59 Å². The predicted molar refractivity (Wildman–Crippen MR) is 119 cm³/mol. The second kappa shape index (κ2) is 11.2. The van der Waals surface area contributed by atoms with Crippen LogP contribution < -0.4 is 10.6 Å². The molecule has 3 aromatic rings. The molecule has 0 bridgehead atoms. The Labute approximate surface area is 182 Å². The third kappa shape index (κ3) is 6.87. The summed E-state index contributed by atoms with van der Waals surface area (Å²) >= 11 is 0. The minimum atomic E-state index is -0.229. The Kier molecular flexibility index (Phi) is 8.09. The number of imidazole rings is 1. The van der Waals surface area contributed by atoms with E-state index in [-0.39, 0.29) is 17.9 Å². The summed E-state index contributed by atoms with van der Waals surface area (Å²) in [5.74, 6) is 1.02. The molecular formula is C23H30N6O2. The van der Waals surface area contributed by atoms with Crippen molar-refractivity contribution in [3.8, 4) is 0 Å². The average molecular weight is 423 g/mol. The summed E-state index contributed by atoms with van der Waals surface area (Å²) in [6, 6.07) is 7.75. The van der Waals surface area contributed by atoms with Crippen LogP contribution in [-0.2, 0) is 4.79 Å². The van der Waals surface area contributed by atoms with Gasteiger partial charge in [-0.15, -0.1) is 0 Å². The van der Waals surface area contributed by atoms with E-state index in [2.05, 4.69) is 44.4 Å². The Morgan fingerprint density at radius 3 is 2.68 bits per heavy atom. The van der Waals surface area contributed by atoms with Crippen molar-refractivity contribution in [2.45, 2.75) is 52.0 Å². The van der Waals surface area contributed by atoms with E-state index in [9.17, 15) is 9.59 Å². The van der Waals surface area contributed by atoms with E-state index in [4.69, 9.17) is 0 Å². The van der Waals surface area contributed by atoms with Gasteiger partial charge in [0.05, 0.1) is 23.3 Å². The Hall–Kier alpha value is -3.29. The van der Waals surface area contributed by atoms with Gasteiger partial charge in [0.2, 0.25) is 5.91 Å². The topological polar surface area (TPSA) is 113 Å². The maximum absolute atomic E-state index is 12.5. The zero-order chi connectivity index (χ0) is 22.1. The van der Waals surface area contributed by atoms with Gasteiger partial charge >= 0.3 is 0 Å². The van der Waals surface area contributed by atoms with E-state index in [1.807, 2.05) is 24.3 Å². The maximum Gasteiger partial charge on any atom is 0.271 e. The molecular weight excluding hydrogens is 392 g/mol. The number of fused-ring (bicyclic) bond motifs is 1. The van der Waals surface area contributed by atoms with Gasteiger partial charge in [-0.2, -0.15) is 0 Å². The first-order valence-electron chi connectivity index (χ1n) is 10.8. The Morgan fingerprint density at radius 2 is 1.94 bits per heavy atom. The number of carbonyl (C=O) groups excluding carboxylic acids is 2. The summed E-state index contributed by atoms with van der Waals surface area (Å²) in [6.45, 7) is 4.82. The van der Waals surface area contributed by atoms with Gasteiger partial charge in [-0.25, -0.2) is 9.97 Å². The number of carbonyl (C=O) groups is 2. The molecule has 0 aliphatic rings. The van der Waals surface area contributed by atoms with E-state index in [0.29, 0.717) is 24.6 Å². The van der Waals surface area contributed by atoms with Crippen LogP contribution in [0.5, 0.6) is 0 Å². The van der Waals surface area contributed by atoms with Gasteiger partial charge in [0, 0.05) is 25.4 Å². The average Bonchev–Trinajstić information content (AvgIpc) is 3.20. The molecule has 31 heavy (non-hydrogen) atoms. The molecule has 3 rings (SSSR count). The molecule has 3 N–H and O–H groups in total. The molecule has 0 spiro atoms. The highest BCUT2D eigenvalue weighted by Gasteiger charge is 2.19. The van der Waals surface area contributed by atoms with Crippen molar-refractivity contribution in [2.24, 2.45) is 5.92 Å². The van der Waals surface area contributed by atoms with E-state index in [1.165, 1.54) is 18.6 Å². The molecule has 2 aromatic heterocycles. The molecule has 1 unspecified atom stereocenters. The van der Waals surface area contributed by atoms with Crippen LogP contribution in [0.15, 0.2) is 42.9 Å². The lowest BCUT2D eigenvalue weighted by Gasteiger charge is -2.18. The number of nitrogens with one attached hydrogen (secondary N) is 3. The van der Waals surface area contributed by atoms with Crippen molar-refractivity contribution in [3.63, 3.8) is 0 Å². The summed E-state index contributed by atoms with van der Waals surface area (Å²) in [5.41, 5.74) is 2.19. The molecule has 2 amide bonds. The predicted octanol–water partition coefficient (Wildman–Crippen LogP) is 3.55. The van der Waals surface area contributed by atoms with Crippen molar-refractivity contribution in [2.75, 3.05) is 6.54 Å². The van der Waals surface area contributed by atoms with Crippen molar-refractivity contribution in [1.82, 2.24) is 30.6 Å². The zero-order valence-electron chi connectivity index (χ0n) is 18.1. The third-order valence-corrected chi connectivity index (χ3v) is 4.94. The molecule has 0 fully saturated rings. The van der Waals surface area contributed by atoms with Crippen molar-refractivity contribution in [3.05, 3.63) is 54.4 Å². The number of benzene rings is 1. The van der Waals surface area contributed by atoms with Crippen LogP contribution in [0.2, 0.25) is 0 Å². The lowest BCUT2D eigenvalue weighted by Crippen LogP contribution is -2.30. The number of unbranched alkanes of at least 4 members (excludes halogenated alkanes) is 2. The number of nitrogens with zero attached hydrogens (tertiary/aromatic N) is 3. The smallest absolute Gasteiger partial charge is 0.271 e. The first kappa shape index (κ1) is 22.4.